The summed E-state index contributed by atoms with van der Waals surface area (Å²) in [4.78, 5) is 11.3. The Bertz CT molecular complexity index is 169. The molecular weight excluding hydrogens is 152 g/mol. The summed E-state index contributed by atoms with van der Waals surface area (Å²) < 4.78 is 4.91. The van der Waals surface area contributed by atoms with Crippen LogP contribution >= 0.6 is 0 Å². The highest BCUT2D eigenvalue weighted by Gasteiger charge is 2.12. The van der Waals surface area contributed by atoms with Gasteiger partial charge in [-0.2, -0.15) is 0 Å². The largest absolute Gasteiger partial charge is 0.463 e. The minimum absolute atomic E-state index is 0.172. The van der Waals surface area contributed by atoms with Gasteiger partial charge < -0.3 is 4.74 Å². The molecule has 0 spiro atoms. The van der Waals surface area contributed by atoms with Crippen molar-refractivity contribution in [3.63, 3.8) is 0 Å². The molecule has 0 amide bonds. The van der Waals surface area contributed by atoms with Crippen LogP contribution in [-0.2, 0) is 9.53 Å². The fourth-order valence-corrected chi connectivity index (χ4v) is 0.989. The molecule has 2 heteroatoms. The maximum atomic E-state index is 11.3. The maximum absolute atomic E-state index is 11.3. The zero-order chi connectivity index (χ0) is 9.56. The standard InChI is InChI=1S/C10H18O2/c1-5-7-9(8(3)4)10(11)12-6-2/h7-8H,5-6H2,1-4H3. The predicted octanol–water partition coefficient (Wildman–Crippen LogP) is 2.54. The van der Waals surface area contributed by atoms with Gasteiger partial charge in [-0.15, -0.1) is 0 Å². The van der Waals surface area contributed by atoms with E-state index in [1.807, 2.05) is 33.8 Å². The smallest absolute Gasteiger partial charge is 0.333 e. The predicted molar refractivity (Wildman–Crippen MR) is 49.8 cm³/mol. The van der Waals surface area contributed by atoms with Gasteiger partial charge in [-0.25, -0.2) is 4.79 Å². The number of carbonyl (C=O) groups excluding carboxylic acids is 1. The molecule has 0 aliphatic carbocycles. The third-order valence-electron chi connectivity index (χ3n) is 1.56. The molecule has 0 aliphatic heterocycles. The van der Waals surface area contributed by atoms with Gasteiger partial charge in [0.25, 0.3) is 0 Å². The Morgan fingerprint density at radius 2 is 2.00 bits per heavy atom. The molecule has 0 saturated heterocycles. The zero-order valence-corrected chi connectivity index (χ0v) is 8.39. The number of hydrogen-bond donors (Lipinski definition) is 0. The number of carbonyl (C=O) groups is 1. The SMILES string of the molecule is CCC=C(C(=O)OCC)C(C)C. The summed E-state index contributed by atoms with van der Waals surface area (Å²) in [6.07, 6.45) is 2.81. The van der Waals surface area contributed by atoms with Gasteiger partial charge in [0.1, 0.15) is 0 Å². The van der Waals surface area contributed by atoms with Crippen LogP contribution in [0.4, 0.5) is 0 Å². The summed E-state index contributed by atoms with van der Waals surface area (Å²) in [6.45, 7) is 8.28. The lowest BCUT2D eigenvalue weighted by atomic mass is 10.0. The Morgan fingerprint density at radius 3 is 2.33 bits per heavy atom. The van der Waals surface area contributed by atoms with Gasteiger partial charge >= 0.3 is 5.97 Å². The average molecular weight is 170 g/mol. The summed E-state index contributed by atoms with van der Waals surface area (Å²) in [7, 11) is 0. The molecule has 2 nitrogen and oxygen atoms in total. The number of esters is 1. The first-order valence-corrected chi connectivity index (χ1v) is 4.50. The van der Waals surface area contributed by atoms with Crippen LogP contribution in [0.5, 0.6) is 0 Å². The first-order valence-electron chi connectivity index (χ1n) is 4.50. The lowest BCUT2D eigenvalue weighted by Gasteiger charge is -2.09. The molecule has 70 valence electrons. The minimum atomic E-state index is -0.172. The van der Waals surface area contributed by atoms with Crippen molar-refractivity contribution in [2.24, 2.45) is 5.92 Å². The molecule has 0 saturated carbocycles. The molecule has 0 heterocycles. The summed E-state index contributed by atoms with van der Waals surface area (Å²) in [5.41, 5.74) is 0.791. The van der Waals surface area contributed by atoms with Gasteiger partial charge in [0.05, 0.1) is 6.61 Å². The van der Waals surface area contributed by atoms with Crippen LogP contribution in [0, 0.1) is 5.92 Å². The Hall–Kier alpha value is -0.790. The highest BCUT2D eigenvalue weighted by Crippen LogP contribution is 2.12. The third-order valence-corrected chi connectivity index (χ3v) is 1.56. The highest BCUT2D eigenvalue weighted by molar-refractivity contribution is 5.88. The highest BCUT2D eigenvalue weighted by atomic mass is 16.5. The monoisotopic (exact) mass is 170 g/mol. The Labute approximate surface area is 74.6 Å². The van der Waals surface area contributed by atoms with Crippen LogP contribution in [0.15, 0.2) is 11.6 Å². The van der Waals surface area contributed by atoms with Crippen LogP contribution < -0.4 is 0 Å². The maximum Gasteiger partial charge on any atom is 0.333 e. The second-order valence-electron chi connectivity index (χ2n) is 2.94. The van der Waals surface area contributed by atoms with E-state index in [9.17, 15) is 4.79 Å². The fourth-order valence-electron chi connectivity index (χ4n) is 0.989. The molecular formula is C10H18O2. The molecule has 0 aromatic rings. The third kappa shape index (κ3) is 3.56. The van der Waals surface area contributed by atoms with Crippen molar-refractivity contribution in [3.8, 4) is 0 Å². The molecule has 0 aromatic heterocycles. The lowest BCUT2D eigenvalue weighted by molar-refractivity contribution is -0.139. The second-order valence-corrected chi connectivity index (χ2v) is 2.94. The Balaban J connectivity index is 4.30. The molecule has 0 radical (unpaired) electrons. The number of ether oxygens (including phenoxy) is 1. The van der Waals surface area contributed by atoms with E-state index in [0.29, 0.717) is 6.61 Å². The van der Waals surface area contributed by atoms with Crippen molar-refractivity contribution >= 4 is 5.97 Å². The molecule has 12 heavy (non-hydrogen) atoms. The van der Waals surface area contributed by atoms with Gasteiger partial charge in [-0.1, -0.05) is 26.8 Å². The number of hydrogen-bond acceptors (Lipinski definition) is 2. The molecule has 0 aromatic carbocycles. The quantitative estimate of drug-likeness (QED) is 0.478. The van der Waals surface area contributed by atoms with E-state index in [2.05, 4.69) is 0 Å². The lowest BCUT2D eigenvalue weighted by Crippen LogP contribution is -2.12. The molecule has 0 bridgehead atoms. The van der Waals surface area contributed by atoms with Crippen molar-refractivity contribution in [3.05, 3.63) is 11.6 Å². The summed E-state index contributed by atoms with van der Waals surface area (Å²) in [6, 6.07) is 0. The zero-order valence-electron chi connectivity index (χ0n) is 8.39. The number of rotatable bonds is 4. The van der Waals surface area contributed by atoms with Gasteiger partial charge in [0.2, 0.25) is 0 Å². The van der Waals surface area contributed by atoms with Gasteiger partial charge in [0, 0.05) is 5.57 Å². The van der Waals surface area contributed by atoms with Crippen molar-refractivity contribution in [1.29, 1.82) is 0 Å². The first kappa shape index (κ1) is 11.2. The van der Waals surface area contributed by atoms with E-state index in [0.717, 1.165) is 12.0 Å². The van der Waals surface area contributed by atoms with Crippen LogP contribution in [0.3, 0.4) is 0 Å². The average Bonchev–Trinajstić information content (AvgIpc) is 1.99. The van der Waals surface area contributed by atoms with E-state index in [4.69, 9.17) is 4.74 Å². The van der Waals surface area contributed by atoms with Gasteiger partial charge in [-0.3, -0.25) is 0 Å². The van der Waals surface area contributed by atoms with E-state index >= 15 is 0 Å². The van der Waals surface area contributed by atoms with Crippen LogP contribution in [0.25, 0.3) is 0 Å². The fraction of sp³-hybridized carbons (Fsp3) is 0.700. The van der Waals surface area contributed by atoms with Gasteiger partial charge in [-0.05, 0) is 19.3 Å². The minimum Gasteiger partial charge on any atom is -0.463 e. The summed E-state index contributed by atoms with van der Waals surface area (Å²) in [5, 5.41) is 0. The van der Waals surface area contributed by atoms with Crippen molar-refractivity contribution < 1.29 is 9.53 Å². The molecule has 0 atom stereocenters. The van der Waals surface area contributed by atoms with E-state index < -0.39 is 0 Å². The summed E-state index contributed by atoms with van der Waals surface area (Å²) in [5.74, 6) is 0.0818. The van der Waals surface area contributed by atoms with Crippen LogP contribution in [-0.4, -0.2) is 12.6 Å². The van der Waals surface area contributed by atoms with E-state index in [-0.39, 0.29) is 11.9 Å². The van der Waals surface area contributed by atoms with Crippen LogP contribution in [0.1, 0.15) is 34.1 Å². The molecule has 0 unspecified atom stereocenters. The van der Waals surface area contributed by atoms with Crippen molar-refractivity contribution in [2.45, 2.75) is 34.1 Å². The van der Waals surface area contributed by atoms with Crippen molar-refractivity contribution in [1.82, 2.24) is 0 Å². The van der Waals surface area contributed by atoms with Crippen LogP contribution in [0.2, 0.25) is 0 Å². The van der Waals surface area contributed by atoms with E-state index in [1.54, 1.807) is 0 Å². The first-order chi connectivity index (χ1) is 5.63. The Kier molecular flexibility index (Phi) is 5.43. The molecule has 0 rings (SSSR count). The topological polar surface area (TPSA) is 26.3 Å². The second kappa shape index (κ2) is 5.81. The Morgan fingerprint density at radius 1 is 1.42 bits per heavy atom. The van der Waals surface area contributed by atoms with Gasteiger partial charge in [0.15, 0.2) is 0 Å². The number of allylic oxidation sites excluding steroid dienone is 1. The molecule has 0 aliphatic rings. The van der Waals surface area contributed by atoms with E-state index in [1.165, 1.54) is 0 Å². The molecule has 0 fully saturated rings. The summed E-state index contributed by atoms with van der Waals surface area (Å²) >= 11 is 0. The normalized spacial score (nSPS) is 11.9. The molecule has 0 N–H and O–H groups in total. The van der Waals surface area contributed by atoms with Crippen molar-refractivity contribution in [2.75, 3.05) is 6.61 Å².